The van der Waals surface area contributed by atoms with E-state index in [-0.39, 0.29) is 18.4 Å². The molecule has 0 saturated carbocycles. The molecule has 4 N–H and O–H groups in total. The summed E-state index contributed by atoms with van der Waals surface area (Å²) in [4.78, 5) is 21.2. The zero-order valence-electron chi connectivity index (χ0n) is 7.75. The van der Waals surface area contributed by atoms with Gasteiger partial charge < -0.3 is 16.2 Å². The first-order chi connectivity index (χ1) is 6.07. The Morgan fingerprint density at radius 2 is 2.15 bits per heavy atom. The van der Waals surface area contributed by atoms with Crippen LogP contribution in [-0.2, 0) is 9.59 Å². The number of hydrogen-bond acceptors (Lipinski definition) is 3. The molecule has 76 valence electrons. The van der Waals surface area contributed by atoms with Gasteiger partial charge in [-0.1, -0.05) is 6.92 Å². The first-order valence-corrected chi connectivity index (χ1v) is 4.27. The summed E-state index contributed by atoms with van der Waals surface area (Å²) in [6, 6.07) is 0. The molecule has 0 aromatic rings. The van der Waals surface area contributed by atoms with Crippen molar-refractivity contribution in [2.75, 3.05) is 13.1 Å². The number of amides is 1. The zero-order valence-corrected chi connectivity index (χ0v) is 7.75. The first-order valence-electron chi connectivity index (χ1n) is 4.27. The van der Waals surface area contributed by atoms with Crippen molar-refractivity contribution in [2.45, 2.75) is 19.8 Å². The van der Waals surface area contributed by atoms with Gasteiger partial charge in [0, 0.05) is 5.92 Å². The number of carboxylic acid groups (broad SMARTS) is 1. The number of carbonyl (C=O) groups is 2. The van der Waals surface area contributed by atoms with Crippen molar-refractivity contribution >= 4 is 11.9 Å². The van der Waals surface area contributed by atoms with E-state index in [1.54, 1.807) is 6.92 Å². The fraction of sp³-hybridized carbons (Fsp3) is 0.750. The molecule has 0 radical (unpaired) electrons. The van der Waals surface area contributed by atoms with Gasteiger partial charge in [-0.2, -0.15) is 0 Å². The summed E-state index contributed by atoms with van der Waals surface area (Å²) >= 11 is 0. The van der Waals surface area contributed by atoms with Crippen LogP contribution in [-0.4, -0.2) is 30.1 Å². The maximum atomic E-state index is 11.1. The number of carbonyl (C=O) groups excluding carboxylic acids is 1. The van der Waals surface area contributed by atoms with Crippen molar-refractivity contribution in [3.63, 3.8) is 0 Å². The quantitative estimate of drug-likeness (QED) is 0.527. The van der Waals surface area contributed by atoms with E-state index >= 15 is 0 Å². The molecule has 0 aromatic heterocycles. The van der Waals surface area contributed by atoms with Gasteiger partial charge in [0.05, 0.1) is 0 Å². The lowest BCUT2D eigenvalue weighted by molar-refractivity contribution is -0.138. The Bertz CT molecular complexity index is 182. The topological polar surface area (TPSA) is 92.4 Å². The predicted octanol–water partition coefficient (Wildman–Crippen LogP) is -0.438. The molecule has 0 aliphatic heterocycles. The highest BCUT2D eigenvalue weighted by atomic mass is 16.4. The van der Waals surface area contributed by atoms with E-state index < -0.39 is 5.97 Å². The SMILES string of the molecule is CC(CCCN)C(=O)NCC(=O)O. The highest BCUT2D eigenvalue weighted by Crippen LogP contribution is 2.03. The van der Waals surface area contributed by atoms with Gasteiger partial charge in [-0.05, 0) is 19.4 Å². The molecule has 0 bridgehead atoms. The average molecular weight is 188 g/mol. The Kier molecular flexibility index (Phi) is 5.88. The van der Waals surface area contributed by atoms with Gasteiger partial charge in [-0.15, -0.1) is 0 Å². The fourth-order valence-corrected chi connectivity index (χ4v) is 0.892. The number of carboxylic acids is 1. The average Bonchev–Trinajstić information content (AvgIpc) is 2.10. The monoisotopic (exact) mass is 188 g/mol. The molecule has 0 aromatic carbocycles. The third-order valence-corrected chi connectivity index (χ3v) is 1.70. The van der Waals surface area contributed by atoms with E-state index in [0.29, 0.717) is 13.0 Å². The minimum Gasteiger partial charge on any atom is -0.480 e. The van der Waals surface area contributed by atoms with E-state index in [2.05, 4.69) is 5.32 Å². The molecule has 1 unspecified atom stereocenters. The van der Waals surface area contributed by atoms with Crippen LogP contribution >= 0.6 is 0 Å². The molecule has 13 heavy (non-hydrogen) atoms. The summed E-state index contributed by atoms with van der Waals surface area (Å²) in [6.45, 7) is 2.00. The van der Waals surface area contributed by atoms with Crippen LogP contribution in [0.3, 0.4) is 0 Å². The molecule has 0 fully saturated rings. The lowest BCUT2D eigenvalue weighted by atomic mass is 10.1. The maximum absolute atomic E-state index is 11.1. The van der Waals surface area contributed by atoms with Crippen LogP contribution in [0.2, 0.25) is 0 Å². The van der Waals surface area contributed by atoms with Crippen molar-refractivity contribution in [3.8, 4) is 0 Å². The van der Waals surface area contributed by atoms with E-state index in [4.69, 9.17) is 10.8 Å². The molecule has 5 heteroatoms. The second kappa shape index (κ2) is 6.42. The van der Waals surface area contributed by atoms with Gasteiger partial charge in [-0.25, -0.2) is 0 Å². The van der Waals surface area contributed by atoms with Crippen molar-refractivity contribution in [2.24, 2.45) is 11.7 Å². The van der Waals surface area contributed by atoms with Crippen molar-refractivity contribution in [1.82, 2.24) is 5.32 Å². The summed E-state index contributed by atoms with van der Waals surface area (Å²) in [6.07, 6.45) is 1.48. The van der Waals surface area contributed by atoms with Gasteiger partial charge >= 0.3 is 5.97 Å². The van der Waals surface area contributed by atoms with Gasteiger partial charge in [0.2, 0.25) is 5.91 Å². The Morgan fingerprint density at radius 3 is 2.62 bits per heavy atom. The predicted molar refractivity (Wildman–Crippen MR) is 48.1 cm³/mol. The third kappa shape index (κ3) is 6.10. The normalized spacial score (nSPS) is 12.2. The molecule has 0 heterocycles. The van der Waals surface area contributed by atoms with Gasteiger partial charge in [0.1, 0.15) is 6.54 Å². The number of aliphatic carboxylic acids is 1. The van der Waals surface area contributed by atoms with Crippen LogP contribution in [0, 0.1) is 5.92 Å². The Labute approximate surface area is 77.3 Å². The summed E-state index contributed by atoms with van der Waals surface area (Å²) in [5.74, 6) is -1.42. The van der Waals surface area contributed by atoms with Crippen LogP contribution in [0.15, 0.2) is 0 Å². The first kappa shape index (κ1) is 11.9. The third-order valence-electron chi connectivity index (χ3n) is 1.70. The smallest absolute Gasteiger partial charge is 0.322 e. The summed E-state index contributed by atoms with van der Waals surface area (Å²) in [5.41, 5.74) is 5.27. The second-order valence-corrected chi connectivity index (χ2v) is 2.94. The van der Waals surface area contributed by atoms with Crippen LogP contribution in [0.25, 0.3) is 0 Å². The number of nitrogens with one attached hydrogen (secondary N) is 1. The maximum Gasteiger partial charge on any atom is 0.322 e. The Morgan fingerprint density at radius 1 is 1.54 bits per heavy atom. The highest BCUT2D eigenvalue weighted by Gasteiger charge is 2.12. The molecule has 0 saturated heterocycles. The van der Waals surface area contributed by atoms with Crippen molar-refractivity contribution < 1.29 is 14.7 Å². The van der Waals surface area contributed by atoms with Crippen LogP contribution in [0.4, 0.5) is 0 Å². The van der Waals surface area contributed by atoms with Crippen molar-refractivity contribution in [3.05, 3.63) is 0 Å². The molecule has 0 spiro atoms. The van der Waals surface area contributed by atoms with Crippen LogP contribution < -0.4 is 11.1 Å². The minimum atomic E-state index is -1.03. The lowest BCUT2D eigenvalue weighted by Crippen LogP contribution is -2.33. The fourth-order valence-electron chi connectivity index (χ4n) is 0.892. The second-order valence-electron chi connectivity index (χ2n) is 2.94. The zero-order chi connectivity index (χ0) is 10.3. The van der Waals surface area contributed by atoms with Crippen LogP contribution in [0.1, 0.15) is 19.8 Å². The molecular weight excluding hydrogens is 172 g/mol. The van der Waals surface area contributed by atoms with Crippen molar-refractivity contribution in [1.29, 1.82) is 0 Å². The standard InChI is InChI=1S/C8H16N2O3/c1-6(3-2-4-9)8(13)10-5-7(11)12/h6H,2-5,9H2,1H3,(H,10,13)(H,11,12). The highest BCUT2D eigenvalue weighted by molar-refractivity contribution is 5.82. The largest absolute Gasteiger partial charge is 0.480 e. The molecular formula is C8H16N2O3. The molecule has 0 aliphatic rings. The molecule has 1 atom stereocenters. The van der Waals surface area contributed by atoms with Gasteiger partial charge in [-0.3, -0.25) is 9.59 Å². The molecule has 0 rings (SSSR count). The minimum absolute atomic E-state index is 0.164. The number of hydrogen-bond donors (Lipinski definition) is 3. The van der Waals surface area contributed by atoms with Crippen LogP contribution in [0.5, 0.6) is 0 Å². The van der Waals surface area contributed by atoms with E-state index in [1.807, 2.05) is 0 Å². The summed E-state index contributed by atoms with van der Waals surface area (Å²) in [5, 5.41) is 10.6. The van der Waals surface area contributed by atoms with Gasteiger partial charge in [0.25, 0.3) is 0 Å². The summed E-state index contributed by atoms with van der Waals surface area (Å²) < 4.78 is 0. The van der Waals surface area contributed by atoms with E-state index in [9.17, 15) is 9.59 Å². The van der Waals surface area contributed by atoms with E-state index in [1.165, 1.54) is 0 Å². The van der Waals surface area contributed by atoms with Gasteiger partial charge in [0.15, 0.2) is 0 Å². The molecule has 0 aliphatic carbocycles. The number of nitrogens with two attached hydrogens (primary N) is 1. The number of rotatable bonds is 6. The molecule has 5 nitrogen and oxygen atoms in total. The Balaban J connectivity index is 3.63. The summed E-state index contributed by atoms with van der Waals surface area (Å²) in [7, 11) is 0. The lowest BCUT2D eigenvalue weighted by Gasteiger charge is -2.09. The Hall–Kier alpha value is -1.10. The van der Waals surface area contributed by atoms with E-state index in [0.717, 1.165) is 6.42 Å². The molecule has 1 amide bonds.